The molecule has 2 aromatic rings. The summed E-state index contributed by atoms with van der Waals surface area (Å²) in [6, 6.07) is 5.64. The smallest absolute Gasteiger partial charge is 0.126 e. The van der Waals surface area contributed by atoms with Crippen molar-refractivity contribution in [2.75, 3.05) is 7.05 Å². The molecule has 0 amide bonds. The zero-order chi connectivity index (χ0) is 14.7. The summed E-state index contributed by atoms with van der Waals surface area (Å²) in [7, 11) is 1.77. The summed E-state index contributed by atoms with van der Waals surface area (Å²) in [4.78, 5) is 0. The Bertz CT molecular complexity index is 558. The molecule has 5 heteroatoms. The number of nitrogens with zero attached hydrogens (tertiary/aromatic N) is 2. The van der Waals surface area contributed by atoms with Crippen LogP contribution in [-0.2, 0) is 6.42 Å². The fourth-order valence-corrected chi connectivity index (χ4v) is 2.15. The van der Waals surface area contributed by atoms with Gasteiger partial charge in [-0.25, -0.2) is 8.78 Å². The summed E-state index contributed by atoms with van der Waals surface area (Å²) in [6.07, 6.45) is 2.50. The minimum atomic E-state index is -0.562. The zero-order valence-electron chi connectivity index (χ0n) is 11.9. The van der Waals surface area contributed by atoms with Crippen LogP contribution in [0.2, 0.25) is 0 Å². The molecule has 1 unspecified atom stereocenters. The van der Waals surface area contributed by atoms with E-state index in [1.54, 1.807) is 7.05 Å². The first-order chi connectivity index (χ1) is 9.49. The number of benzene rings is 1. The maximum atomic E-state index is 13.3. The van der Waals surface area contributed by atoms with Crippen molar-refractivity contribution < 1.29 is 8.78 Å². The first kappa shape index (κ1) is 14.7. The van der Waals surface area contributed by atoms with Crippen molar-refractivity contribution in [2.45, 2.75) is 32.4 Å². The molecule has 1 aromatic carbocycles. The number of rotatable bonds is 5. The van der Waals surface area contributed by atoms with Gasteiger partial charge in [-0.05, 0) is 44.7 Å². The van der Waals surface area contributed by atoms with E-state index in [1.807, 2.05) is 30.8 Å². The van der Waals surface area contributed by atoms with Crippen LogP contribution >= 0.6 is 0 Å². The third-order valence-electron chi connectivity index (χ3n) is 3.24. The normalized spacial score (nSPS) is 12.9. The van der Waals surface area contributed by atoms with E-state index in [1.165, 1.54) is 12.1 Å². The average molecular weight is 279 g/mol. The van der Waals surface area contributed by atoms with Crippen LogP contribution in [0.15, 0.2) is 30.5 Å². The Balaban J connectivity index is 2.19. The van der Waals surface area contributed by atoms with Crippen molar-refractivity contribution >= 4 is 0 Å². The number of nitrogens with one attached hydrogen (secondary N) is 1. The molecule has 1 atom stereocenters. The third kappa shape index (κ3) is 3.42. The van der Waals surface area contributed by atoms with E-state index in [0.717, 1.165) is 11.8 Å². The van der Waals surface area contributed by atoms with Gasteiger partial charge in [0.05, 0.1) is 5.69 Å². The first-order valence-corrected chi connectivity index (χ1v) is 6.67. The largest absolute Gasteiger partial charge is 0.313 e. The Hall–Kier alpha value is -1.75. The molecular weight excluding hydrogens is 260 g/mol. The lowest BCUT2D eigenvalue weighted by Gasteiger charge is -2.16. The molecule has 0 saturated carbocycles. The monoisotopic (exact) mass is 279 g/mol. The molecule has 0 aliphatic carbocycles. The molecule has 2 rings (SSSR count). The molecule has 0 aliphatic heterocycles. The summed E-state index contributed by atoms with van der Waals surface area (Å²) >= 11 is 0. The number of hydrogen-bond donors (Lipinski definition) is 1. The molecule has 1 N–H and O–H groups in total. The Kier molecular flexibility index (Phi) is 4.49. The van der Waals surface area contributed by atoms with Crippen LogP contribution < -0.4 is 5.32 Å². The van der Waals surface area contributed by atoms with Gasteiger partial charge >= 0.3 is 0 Å². The number of halogens is 2. The highest BCUT2D eigenvalue weighted by atomic mass is 19.1. The van der Waals surface area contributed by atoms with Crippen LogP contribution in [0.25, 0.3) is 0 Å². The third-order valence-corrected chi connectivity index (χ3v) is 3.24. The van der Waals surface area contributed by atoms with Gasteiger partial charge in [0.15, 0.2) is 0 Å². The Morgan fingerprint density at radius 3 is 2.35 bits per heavy atom. The number of hydrogen-bond acceptors (Lipinski definition) is 2. The molecule has 0 radical (unpaired) electrons. The minimum Gasteiger partial charge on any atom is -0.313 e. The van der Waals surface area contributed by atoms with Gasteiger partial charge in [-0.15, -0.1) is 0 Å². The standard InChI is InChI=1S/C15H19F2N3/c1-10(2)20-5-4-14(19-20)9-15(18-3)11-6-12(16)8-13(17)7-11/h4-8,10,15,18H,9H2,1-3H3. The van der Waals surface area contributed by atoms with Gasteiger partial charge in [-0.2, -0.15) is 5.10 Å². The van der Waals surface area contributed by atoms with Crippen molar-refractivity contribution in [3.63, 3.8) is 0 Å². The highest BCUT2D eigenvalue weighted by Gasteiger charge is 2.14. The molecule has 0 bridgehead atoms. The Labute approximate surface area is 117 Å². The topological polar surface area (TPSA) is 29.9 Å². The predicted octanol–water partition coefficient (Wildman–Crippen LogP) is 3.25. The highest BCUT2D eigenvalue weighted by molar-refractivity contribution is 5.23. The van der Waals surface area contributed by atoms with E-state index in [9.17, 15) is 8.78 Å². The summed E-state index contributed by atoms with van der Waals surface area (Å²) in [6.45, 7) is 4.10. The van der Waals surface area contributed by atoms with Gasteiger partial charge in [0.1, 0.15) is 11.6 Å². The van der Waals surface area contributed by atoms with Crippen LogP contribution in [0, 0.1) is 11.6 Å². The van der Waals surface area contributed by atoms with Gasteiger partial charge in [0, 0.05) is 30.8 Å². The van der Waals surface area contributed by atoms with Crippen molar-refractivity contribution in [1.82, 2.24) is 15.1 Å². The predicted molar refractivity (Wildman–Crippen MR) is 74.5 cm³/mol. The first-order valence-electron chi connectivity index (χ1n) is 6.67. The quantitative estimate of drug-likeness (QED) is 0.910. The molecule has 1 heterocycles. The maximum Gasteiger partial charge on any atom is 0.126 e. The molecule has 3 nitrogen and oxygen atoms in total. The van der Waals surface area contributed by atoms with Crippen LogP contribution in [0.1, 0.15) is 37.2 Å². The van der Waals surface area contributed by atoms with Crippen molar-refractivity contribution in [3.05, 3.63) is 53.4 Å². The van der Waals surface area contributed by atoms with Gasteiger partial charge in [0.2, 0.25) is 0 Å². The van der Waals surface area contributed by atoms with E-state index in [-0.39, 0.29) is 6.04 Å². The Morgan fingerprint density at radius 2 is 1.85 bits per heavy atom. The lowest BCUT2D eigenvalue weighted by atomic mass is 10.0. The van der Waals surface area contributed by atoms with Gasteiger partial charge in [0.25, 0.3) is 0 Å². The molecular formula is C15H19F2N3. The second kappa shape index (κ2) is 6.13. The van der Waals surface area contributed by atoms with E-state index in [2.05, 4.69) is 10.4 Å². The Morgan fingerprint density at radius 1 is 1.20 bits per heavy atom. The van der Waals surface area contributed by atoms with Gasteiger partial charge in [-0.3, -0.25) is 4.68 Å². The van der Waals surface area contributed by atoms with E-state index in [4.69, 9.17) is 0 Å². The van der Waals surface area contributed by atoms with Crippen molar-refractivity contribution in [2.24, 2.45) is 0 Å². The van der Waals surface area contributed by atoms with Crippen LogP contribution in [-0.4, -0.2) is 16.8 Å². The fourth-order valence-electron chi connectivity index (χ4n) is 2.15. The van der Waals surface area contributed by atoms with Crippen LogP contribution in [0.3, 0.4) is 0 Å². The lowest BCUT2D eigenvalue weighted by Crippen LogP contribution is -2.19. The van der Waals surface area contributed by atoms with Crippen molar-refractivity contribution in [1.29, 1.82) is 0 Å². The fraction of sp³-hybridized carbons (Fsp3) is 0.400. The molecule has 0 saturated heterocycles. The number of aromatic nitrogens is 2. The molecule has 20 heavy (non-hydrogen) atoms. The molecule has 0 spiro atoms. The second-order valence-electron chi connectivity index (χ2n) is 5.13. The molecule has 1 aromatic heterocycles. The lowest BCUT2D eigenvalue weighted by molar-refractivity contribution is 0.512. The van der Waals surface area contributed by atoms with Gasteiger partial charge < -0.3 is 5.32 Å². The van der Waals surface area contributed by atoms with Gasteiger partial charge in [-0.1, -0.05) is 0 Å². The summed E-state index contributed by atoms with van der Waals surface area (Å²) in [5.74, 6) is -1.12. The highest BCUT2D eigenvalue weighted by Crippen LogP contribution is 2.20. The second-order valence-corrected chi connectivity index (χ2v) is 5.13. The number of likely N-dealkylation sites (N-methyl/N-ethyl adjacent to an activating group) is 1. The van der Waals surface area contributed by atoms with E-state index >= 15 is 0 Å². The van der Waals surface area contributed by atoms with Crippen LogP contribution in [0.4, 0.5) is 8.78 Å². The molecule has 108 valence electrons. The summed E-state index contributed by atoms with van der Waals surface area (Å²) in [5.41, 5.74) is 1.48. The molecule has 0 fully saturated rings. The van der Waals surface area contributed by atoms with E-state index in [0.29, 0.717) is 18.0 Å². The van der Waals surface area contributed by atoms with Crippen molar-refractivity contribution in [3.8, 4) is 0 Å². The minimum absolute atomic E-state index is 0.171. The summed E-state index contributed by atoms with van der Waals surface area (Å²) in [5, 5.41) is 7.53. The molecule has 0 aliphatic rings. The maximum absolute atomic E-state index is 13.3. The van der Waals surface area contributed by atoms with E-state index < -0.39 is 11.6 Å². The summed E-state index contributed by atoms with van der Waals surface area (Å²) < 4.78 is 28.4. The average Bonchev–Trinajstić information content (AvgIpc) is 2.83. The zero-order valence-corrected chi connectivity index (χ0v) is 11.9. The SMILES string of the molecule is CNC(Cc1ccn(C(C)C)n1)c1cc(F)cc(F)c1. The van der Waals surface area contributed by atoms with Crippen LogP contribution in [0.5, 0.6) is 0 Å².